The molecule has 2 atom stereocenters. The molecular weight excluding hydrogens is 206 g/mol. The Kier molecular flexibility index (Phi) is 5.21. The summed E-state index contributed by atoms with van der Waals surface area (Å²) in [6.07, 6.45) is 1.59. The van der Waals surface area contributed by atoms with E-state index < -0.39 is 11.4 Å². The largest absolute Gasteiger partial charge is 0.481 e. The standard InChI is InChI=1S/C12H21NO3/c1-6-9(4)13-10(14)7-12(5,8(2)3)11(15)16/h6,8-9H,1,7H2,2-5H3,(H,13,14)(H,15,16). The van der Waals surface area contributed by atoms with Gasteiger partial charge in [0, 0.05) is 12.5 Å². The lowest BCUT2D eigenvalue weighted by atomic mass is 9.76. The molecule has 0 saturated carbocycles. The summed E-state index contributed by atoms with van der Waals surface area (Å²) in [5.74, 6) is -1.30. The highest BCUT2D eigenvalue weighted by Crippen LogP contribution is 2.31. The van der Waals surface area contributed by atoms with Crippen LogP contribution in [0, 0.1) is 11.3 Å². The van der Waals surface area contributed by atoms with Gasteiger partial charge in [-0.1, -0.05) is 19.9 Å². The van der Waals surface area contributed by atoms with Gasteiger partial charge >= 0.3 is 5.97 Å². The first-order valence-electron chi connectivity index (χ1n) is 5.39. The number of carbonyl (C=O) groups excluding carboxylic acids is 1. The van der Waals surface area contributed by atoms with Gasteiger partial charge < -0.3 is 10.4 Å². The molecule has 4 nitrogen and oxygen atoms in total. The van der Waals surface area contributed by atoms with Gasteiger partial charge in [0.1, 0.15) is 0 Å². The molecule has 2 unspecified atom stereocenters. The first-order chi connectivity index (χ1) is 7.24. The zero-order valence-electron chi connectivity index (χ0n) is 10.4. The van der Waals surface area contributed by atoms with Crippen molar-refractivity contribution in [3.05, 3.63) is 12.7 Å². The third-order valence-electron chi connectivity index (χ3n) is 3.03. The van der Waals surface area contributed by atoms with Gasteiger partial charge in [0.25, 0.3) is 0 Å². The molecule has 0 spiro atoms. The van der Waals surface area contributed by atoms with Gasteiger partial charge in [0.05, 0.1) is 5.41 Å². The van der Waals surface area contributed by atoms with Crippen molar-refractivity contribution in [3.8, 4) is 0 Å². The van der Waals surface area contributed by atoms with Crippen LogP contribution in [0.1, 0.15) is 34.1 Å². The molecule has 1 amide bonds. The third kappa shape index (κ3) is 3.68. The summed E-state index contributed by atoms with van der Waals surface area (Å²) in [6.45, 7) is 10.5. The lowest BCUT2D eigenvalue weighted by molar-refractivity contribution is -0.153. The molecule has 0 aliphatic heterocycles. The molecule has 0 bridgehead atoms. The summed E-state index contributed by atoms with van der Waals surface area (Å²) in [5.41, 5.74) is -1.02. The van der Waals surface area contributed by atoms with Crippen molar-refractivity contribution in [2.75, 3.05) is 0 Å². The predicted octanol–water partition coefficient (Wildman–Crippen LogP) is 1.81. The zero-order chi connectivity index (χ0) is 12.9. The summed E-state index contributed by atoms with van der Waals surface area (Å²) in [5, 5.41) is 11.8. The Balaban J connectivity index is 4.60. The Labute approximate surface area is 96.7 Å². The molecule has 0 rings (SSSR count). The summed E-state index contributed by atoms with van der Waals surface area (Å²) < 4.78 is 0. The fourth-order valence-electron chi connectivity index (χ4n) is 1.22. The second-order valence-corrected chi connectivity index (χ2v) is 4.65. The van der Waals surface area contributed by atoms with Crippen LogP contribution in [-0.4, -0.2) is 23.0 Å². The van der Waals surface area contributed by atoms with Gasteiger partial charge in [-0.05, 0) is 19.8 Å². The predicted molar refractivity (Wildman–Crippen MR) is 63.0 cm³/mol. The molecule has 0 aromatic carbocycles. The van der Waals surface area contributed by atoms with Gasteiger partial charge in [0.15, 0.2) is 0 Å². The van der Waals surface area contributed by atoms with Crippen molar-refractivity contribution < 1.29 is 14.7 Å². The number of carboxylic acids is 1. The number of amides is 1. The molecule has 0 radical (unpaired) electrons. The van der Waals surface area contributed by atoms with E-state index in [0.717, 1.165) is 0 Å². The maximum atomic E-state index is 11.6. The number of hydrogen-bond acceptors (Lipinski definition) is 2. The maximum absolute atomic E-state index is 11.6. The van der Waals surface area contributed by atoms with Crippen molar-refractivity contribution in [2.45, 2.75) is 40.2 Å². The molecule has 0 saturated heterocycles. The van der Waals surface area contributed by atoms with Crippen LogP contribution in [0.4, 0.5) is 0 Å². The Hall–Kier alpha value is -1.32. The number of carbonyl (C=O) groups is 2. The van der Waals surface area contributed by atoms with Crippen molar-refractivity contribution in [1.29, 1.82) is 0 Å². The number of rotatable bonds is 6. The topological polar surface area (TPSA) is 66.4 Å². The van der Waals surface area contributed by atoms with Crippen molar-refractivity contribution in [3.63, 3.8) is 0 Å². The number of nitrogens with one attached hydrogen (secondary N) is 1. The normalized spacial score (nSPS) is 16.3. The molecule has 0 aromatic heterocycles. The van der Waals surface area contributed by atoms with Crippen LogP contribution < -0.4 is 5.32 Å². The van der Waals surface area contributed by atoms with E-state index in [1.54, 1.807) is 33.8 Å². The van der Waals surface area contributed by atoms with Crippen LogP contribution in [0.5, 0.6) is 0 Å². The SMILES string of the molecule is C=CC(C)NC(=O)CC(C)(C(=O)O)C(C)C. The fraction of sp³-hybridized carbons (Fsp3) is 0.667. The van der Waals surface area contributed by atoms with E-state index in [0.29, 0.717) is 0 Å². The molecule has 2 N–H and O–H groups in total. The highest BCUT2D eigenvalue weighted by Gasteiger charge is 2.38. The summed E-state index contributed by atoms with van der Waals surface area (Å²) in [7, 11) is 0. The smallest absolute Gasteiger partial charge is 0.310 e. The molecule has 4 heteroatoms. The first kappa shape index (κ1) is 14.7. The van der Waals surface area contributed by atoms with Crippen molar-refractivity contribution in [2.24, 2.45) is 11.3 Å². The quantitative estimate of drug-likeness (QED) is 0.680. The van der Waals surface area contributed by atoms with Crippen LogP contribution in [0.3, 0.4) is 0 Å². The lowest BCUT2D eigenvalue weighted by Crippen LogP contribution is -2.41. The van der Waals surface area contributed by atoms with E-state index >= 15 is 0 Å². The first-order valence-corrected chi connectivity index (χ1v) is 5.39. The lowest BCUT2D eigenvalue weighted by Gasteiger charge is -2.28. The molecule has 0 heterocycles. The van der Waals surface area contributed by atoms with Crippen LogP contribution >= 0.6 is 0 Å². The molecule has 0 fully saturated rings. The Morgan fingerprint density at radius 1 is 1.44 bits per heavy atom. The third-order valence-corrected chi connectivity index (χ3v) is 3.03. The highest BCUT2D eigenvalue weighted by molar-refractivity contribution is 5.85. The molecular formula is C12H21NO3. The van der Waals surface area contributed by atoms with Gasteiger partial charge in [0.2, 0.25) is 5.91 Å². The number of aliphatic carboxylic acids is 1. The van der Waals surface area contributed by atoms with Crippen LogP contribution in [0.25, 0.3) is 0 Å². The minimum absolute atomic E-state index is 0.0157. The van der Waals surface area contributed by atoms with Crippen LogP contribution in [-0.2, 0) is 9.59 Å². The minimum Gasteiger partial charge on any atom is -0.481 e. The highest BCUT2D eigenvalue weighted by atomic mass is 16.4. The Morgan fingerprint density at radius 3 is 2.25 bits per heavy atom. The van der Waals surface area contributed by atoms with Crippen molar-refractivity contribution >= 4 is 11.9 Å². The molecule has 0 aromatic rings. The van der Waals surface area contributed by atoms with E-state index in [2.05, 4.69) is 11.9 Å². The molecule has 0 aliphatic rings. The van der Waals surface area contributed by atoms with E-state index in [1.165, 1.54) is 0 Å². The summed E-state index contributed by atoms with van der Waals surface area (Å²) >= 11 is 0. The summed E-state index contributed by atoms with van der Waals surface area (Å²) in [6, 6.07) is -0.141. The van der Waals surface area contributed by atoms with Crippen LogP contribution in [0.2, 0.25) is 0 Å². The average Bonchev–Trinajstić information content (AvgIpc) is 2.16. The Bertz CT molecular complexity index is 286. The molecule has 0 aliphatic carbocycles. The van der Waals surface area contributed by atoms with Gasteiger partial charge in [-0.15, -0.1) is 6.58 Å². The zero-order valence-corrected chi connectivity index (χ0v) is 10.4. The van der Waals surface area contributed by atoms with E-state index in [9.17, 15) is 9.59 Å². The average molecular weight is 227 g/mol. The molecule has 92 valence electrons. The Morgan fingerprint density at radius 2 is 1.94 bits per heavy atom. The van der Waals surface area contributed by atoms with E-state index in [1.807, 2.05) is 0 Å². The number of carboxylic acid groups (broad SMARTS) is 1. The minimum atomic E-state index is -1.02. The molecule has 16 heavy (non-hydrogen) atoms. The maximum Gasteiger partial charge on any atom is 0.310 e. The number of hydrogen-bond donors (Lipinski definition) is 2. The van der Waals surface area contributed by atoms with E-state index in [4.69, 9.17) is 5.11 Å². The van der Waals surface area contributed by atoms with Crippen molar-refractivity contribution in [1.82, 2.24) is 5.32 Å². The second-order valence-electron chi connectivity index (χ2n) is 4.65. The van der Waals surface area contributed by atoms with E-state index in [-0.39, 0.29) is 24.3 Å². The second kappa shape index (κ2) is 5.68. The van der Waals surface area contributed by atoms with Crippen LogP contribution in [0.15, 0.2) is 12.7 Å². The van der Waals surface area contributed by atoms with Gasteiger partial charge in [-0.2, -0.15) is 0 Å². The summed E-state index contributed by atoms with van der Waals surface area (Å²) in [4.78, 5) is 22.8. The van der Waals surface area contributed by atoms with Gasteiger partial charge in [-0.25, -0.2) is 0 Å². The van der Waals surface area contributed by atoms with Gasteiger partial charge in [-0.3, -0.25) is 9.59 Å². The monoisotopic (exact) mass is 227 g/mol. The fourth-order valence-corrected chi connectivity index (χ4v) is 1.22.